The number of piperidine rings is 1. The third-order valence-electron chi connectivity index (χ3n) is 6.67. The summed E-state index contributed by atoms with van der Waals surface area (Å²) in [5.41, 5.74) is 9.05. The van der Waals surface area contributed by atoms with Crippen LogP contribution in [0.3, 0.4) is 0 Å². The molecule has 10 heteroatoms. The molecule has 10 nitrogen and oxygen atoms in total. The van der Waals surface area contributed by atoms with E-state index in [1.165, 1.54) is 0 Å². The van der Waals surface area contributed by atoms with Crippen LogP contribution >= 0.6 is 0 Å². The minimum atomic E-state index is -0.365. The number of rotatable bonds is 7. The van der Waals surface area contributed by atoms with E-state index in [9.17, 15) is 9.59 Å². The number of imidazole rings is 1. The molecule has 196 valence electrons. The molecule has 0 bridgehead atoms. The van der Waals surface area contributed by atoms with E-state index in [-0.39, 0.29) is 24.3 Å². The number of fused-ring (bicyclic) bond motifs is 1. The average Bonchev–Trinajstić information content (AvgIpc) is 3.28. The minimum Gasteiger partial charge on any atom is -0.497 e. The Morgan fingerprint density at radius 2 is 1.82 bits per heavy atom. The summed E-state index contributed by atoms with van der Waals surface area (Å²) in [4.78, 5) is 37.4. The lowest BCUT2D eigenvalue weighted by atomic mass is 10.1. The van der Waals surface area contributed by atoms with Crippen molar-refractivity contribution < 1.29 is 19.1 Å². The predicted octanol–water partition coefficient (Wildman–Crippen LogP) is 3.96. The van der Waals surface area contributed by atoms with Crippen molar-refractivity contribution in [3.63, 3.8) is 0 Å². The zero-order valence-electron chi connectivity index (χ0n) is 21.4. The van der Waals surface area contributed by atoms with Gasteiger partial charge in [-0.05, 0) is 61.7 Å². The summed E-state index contributed by atoms with van der Waals surface area (Å²) >= 11 is 0. The summed E-state index contributed by atoms with van der Waals surface area (Å²) in [6.07, 6.45) is 4.70. The molecule has 0 aliphatic carbocycles. The van der Waals surface area contributed by atoms with E-state index in [1.807, 2.05) is 23.1 Å². The molecule has 1 aliphatic heterocycles. The van der Waals surface area contributed by atoms with Gasteiger partial charge in [0, 0.05) is 36.1 Å². The van der Waals surface area contributed by atoms with Gasteiger partial charge in [-0.15, -0.1) is 0 Å². The van der Waals surface area contributed by atoms with Crippen LogP contribution in [0.25, 0.3) is 11.2 Å². The van der Waals surface area contributed by atoms with Crippen molar-refractivity contribution in [3.05, 3.63) is 71.4 Å². The van der Waals surface area contributed by atoms with Gasteiger partial charge in [-0.2, -0.15) is 0 Å². The Labute approximate surface area is 220 Å². The largest absolute Gasteiger partial charge is 0.497 e. The van der Waals surface area contributed by atoms with Gasteiger partial charge in [0.25, 0.3) is 11.8 Å². The number of carbonyl (C=O) groups is 2. The second-order valence-electron chi connectivity index (χ2n) is 9.20. The van der Waals surface area contributed by atoms with Gasteiger partial charge >= 0.3 is 0 Å². The van der Waals surface area contributed by atoms with Crippen molar-refractivity contribution in [1.82, 2.24) is 19.4 Å². The van der Waals surface area contributed by atoms with E-state index in [2.05, 4.69) is 15.3 Å². The van der Waals surface area contributed by atoms with Crippen LogP contribution in [0.5, 0.6) is 11.5 Å². The smallest absolute Gasteiger partial charge is 0.258 e. The number of aromatic nitrogens is 3. The van der Waals surface area contributed by atoms with Gasteiger partial charge in [0.2, 0.25) is 5.95 Å². The number of anilines is 2. The molecule has 2 aromatic heterocycles. The van der Waals surface area contributed by atoms with Crippen molar-refractivity contribution in [2.45, 2.75) is 25.8 Å². The number of carbonyl (C=O) groups excluding carboxylic acids is 2. The van der Waals surface area contributed by atoms with Gasteiger partial charge in [-0.1, -0.05) is 6.07 Å². The van der Waals surface area contributed by atoms with Crippen molar-refractivity contribution in [3.8, 4) is 11.5 Å². The third kappa shape index (κ3) is 5.10. The maximum atomic E-state index is 13.1. The molecule has 3 heterocycles. The number of amides is 2. The molecule has 2 amide bonds. The van der Waals surface area contributed by atoms with Crippen LogP contribution in [0, 0.1) is 0 Å². The van der Waals surface area contributed by atoms with Gasteiger partial charge in [-0.25, -0.2) is 9.97 Å². The summed E-state index contributed by atoms with van der Waals surface area (Å²) < 4.78 is 12.8. The Balaban J connectivity index is 1.56. The third-order valence-corrected chi connectivity index (χ3v) is 6.67. The first-order valence-corrected chi connectivity index (χ1v) is 12.5. The number of nitrogens with one attached hydrogen (secondary N) is 1. The molecular formula is C28H30N6O4. The summed E-state index contributed by atoms with van der Waals surface area (Å²) in [5.74, 6) is 1.17. The number of hydrogen-bond acceptors (Lipinski definition) is 7. The van der Waals surface area contributed by atoms with Gasteiger partial charge < -0.3 is 20.1 Å². The number of nitrogen functional groups attached to an aromatic ring is 1. The molecule has 2 aromatic carbocycles. The Hall–Kier alpha value is -4.60. The minimum absolute atomic E-state index is 0.0616. The zero-order valence-corrected chi connectivity index (χ0v) is 21.4. The molecule has 1 saturated heterocycles. The Kier molecular flexibility index (Phi) is 7.12. The highest BCUT2D eigenvalue weighted by Crippen LogP contribution is 2.28. The number of methoxy groups -OCH3 is 2. The molecule has 4 aromatic rings. The Bertz CT molecular complexity index is 1490. The number of ether oxygens (including phenoxy) is 2. The van der Waals surface area contributed by atoms with Crippen LogP contribution in [0.4, 0.5) is 11.6 Å². The van der Waals surface area contributed by atoms with Crippen LogP contribution in [0.1, 0.15) is 45.5 Å². The van der Waals surface area contributed by atoms with E-state index in [1.54, 1.807) is 55.3 Å². The van der Waals surface area contributed by atoms with Crippen molar-refractivity contribution in [1.29, 1.82) is 0 Å². The quantitative estimate of drug-likeness (QED) is 0.358. The lowest BCUT2D eigenvalue weighted by Gasteiger charge is -2.26. The molecule has 3 N–H and O–H groups in total. The number of hydrogen-bond donors (Lipinski definition) is 2. The molecule has 5 rings (SSSR count). The number of pyridine rings is 1. The van der Waals surface area contributed by atoms with Crippen LogP contribution in [-0.4, -0.2) is 58.6 Å². The second-order valence-corrected chi connectivity index (χ2v) is 9.20. The Morgan fingerprint density at radius 3 is 2.55 bits per heavy atom. The highest BCUT2D eigenvalue weighted by molar-refractivity contribution is 6.04. The first kappa shape index (κ1) is 25.1. The molecule has 38 heavy (non-hydrogen) atoms. The number of nitrogens with two attached hydrogens (primary N) is 1. The average molecular weight is 515 g/mol. The van der Waals surface area contributed by atoms with Crippen molar-refractivity contribution in [2.75, 3.05) is 38.4 Å². The fourth-order valence-electron chi connectivity index (χ4n) is 4.68. The molecule has 0 spiro atoms. The van der Waals surface area contributed by atoms with Crippen LogP contribution in [0.2, 0.25) is 0 Å². The van der Waals surface area contributed by atoms with Gasteiger partial charge in [0.05, 0.1) is 26.3 Å². The van der Waals surface area contributed by atoms with E-state index in [4.69, 9.17) is 15.2 Å². The van der Waals surface area contributed by atoms with Crippen molar-refractivity contribution in [2.24, 2.45) is 0 Å². The molecular weight excluding hydrogens is 484 g/mol. The summed E-state index contributed by atoms with van der Waals surface area (Å²) in [6, 6.07) is 13.9. The zero-order chi connectivity index (χ0) is 26.6. The lowest BCUT2D eigenvalue weighted by Crippen LogP contribution is -2.35. The van der Waals surface area contributed by atoms with E-state index >= 15 is 0 Å². The fourth-order valence-corrected chi connectivity index (χ4v) is 4.68. The van der Waals surface area contributed by atoms with E-state index in [0.29, 0.717) is 39.5 Å². The van der Waals surface area contributed by atoms with Crippen LogP contribution < -0.4 is 20.5 Å². The van der Waals surface area contributed by atoms with Gasteiger partial charge in [0.1, 0.15) is 17.0 Å². The molecule has 0 atom stereocenters. The monoisotopic (exact) mass is 514 g/mol. The standard InChI is InChI=1S/C28H30N6O4/c1-37-22-9-10-24(38-2)20(14-22)17-34-25-23(15-19(16-30-25)27(36)33-11-4-3-5-12-33)31-28(34)32-26(35)18-7-6-8-21(29)13-18/h6-10,13-16H,3-5,11-12,17,29H2,1-2H3,(H,31,32,35). The lowest BCUT2D eigenvalue weighted by molar-refractivity contribution is 0.0724. The number of likely N-dealkylation sites (tertiary alicyclic amines) is 1. The van der Waals surface area contributed by atoms with Crippen LogP contribution in [-0.2, 0) is 6.54 Å². The SMILES string of the molecule is COc1ccc(OC)c(Cn2c(NC(=O)c3cccc(N)c3)nc3cc(C(=O)N4CCCCC4)cnc32)c1. The molecule has 0 radical (unpaired) electrons. The Morgan fingerprint density at radius 1 is 1.00 bits per heavy atom. The normalized spacial score (nSPS) is 13.4. The highest BCUT2D eigenvalue weighted by atomic mass is 16.5. The van der Waals surface area contributed by atoms with Crippen LogP contribution in [0.15, 0.2) is 54.7 Å². The van der Waals surface area contributed by atoms with Gasteiger partial charge in [0.15, 0.2) is 5.65 Å². The summed E-state index contributed by atoms with van der Waals surface area (Å²) in [7, 11) is 3.19. The summed E-state index contributed by atoms with van der Waals surface area (Å²) in [6.45, 7) is 1.76. The second kappa shape index (κ2) is 10.8. The van der Waals surface area contributed by atoms with E-state index in [0.717, 1.165) is 37.9 Å². The molecule has 0 saturated carbocycles. The number of nitrogens with zero attached hydrogens (tertiary/aromatic N) is 4. The first-order chi connectivity index (χ1) is 18.5. The maximum Gasteiger partial charge on any atom is 0.258 e. The summed E-state index contributed by atoms with van der Waals surface area (Å²) in [5, 5.41) is 2.89. The van der Waals surface area contributed by atoms with Crippen molar-refractivity contribution >= 4 is 34.6 Å². The van der Waals surface area contributed by atoms with E-state index < -0.39 is 0 Å². The predicted molar refractivity (Wildman–Crippen MR) is 145 cm³/mol. The maximum absolute atomic E-state index is 13.1. The fraction of sp³-hybridized carbons (Fsp3) is 0.286. The highest BCUT2D eigenvalue weighted by Gasteiger charge is 2.22. The topological polar surface area (TPSA) is 125 Å². The number of benzene rings is 2. The van der Waals surface area contributed by atoms with Gasteiger partial charge in [-0.3, -0.25) is 19.5 Å². The molecule has 0 unspecified atom stereocenters. The molecule has 1 fully saturated rings. The molecule has 1 aliphatic rings. The first-order valence-electron chi connectivity index (χ1n) is 12.5.